The van der Waals surface area contributed by atoms with Crippen LogP contribution in [0.1, 0.15) is 17.7 Å². The minimum Gasteiger partial charge on any atom is -0.469 e. The van der Waals surface area contributed by atoms with E-state index < -0.39 is 0 Å². The Morgan fingerprint density at radius 2 is 1.89 bits per heavy atom. The van der Waals surface area contributed by atoms with Crippen LogP contribution in [0.25, 0.3) is 0 Å². The molecule has 1 saturated heterocycles. The molecular weight excluding hydrogens is 376 g/mol. The molecule has 28 heavy (non-hydrogen) atoms. The fourth-order valence-electron chi connectivity index (χ4n) is 3.06. The van der Waals surface area contributed by atoms with Gasteiger partial charge in [0.25, 0.3) is 0 Å². The molecule has 6 nitrogen and oxygen atoms in total. The second kappa shape index (κ2) is 11.7. The van der Waals surface area contributed by atoms with Crippen molar-refractivity contribution in [3.63, 3.8) is 0 Å². The third-order valence-corrected chi connectivity index (χ3v) is 5.03. The minimum atomic E-state index is 0.541. The molecule has 0 atom stereocenters. The lowest BCUT2D eigenvalue weighted by atomic mass is 10.2. The fraction of sp³-hybridized carbons (Fsp3) is 0.476. The molecule has 1 fully saturated rings. The van der Waals surface area contributed by atoms with Gasteiger partial charge >= 0.3 is 0 Å². The molecule has 1 aromatic heterocycles. The second-order valence-corrected chi connectivity index (χ2v) is 7.15. The van der Waals surface area contributed by atoms with E-state index in [1.807, 2.05) is 36.4 Å². The highest BCUT2D eigenvalue weighted by Crippen LogP contribution is 2.15. The molecule has 3 rings (SSSR count). The summed E-state index contributed by atoms with van der Waals surface area (Å²) in [5.74, 6) is 1.76. The van der Waals surface area contributed by atoms with Crippen LogP contribution in [0.5, 0.6) is 0 Å². The zero-order valence-corrected chi connectivity index (χ0v) is 17.0. The standard InChI is InChI=1S/C21H29ClN4O2/c22-20-7-2-1-5-18(20)17-25-21(24-10-8-19-6-3-14-28-19)23-9-4-11-26-12-15-27-16-13-26/h1-3,5-7,14H,4,8-13,15-17H2,(H2,23,24,25). The Labute approximate surface area is 171 Å². The Hall–Kier alpha value is -2.02. The number of ether oxygens (including phenoxy) is 1. The number of nitrogens with zero attached hydrogens (tertiary/aromatic N) is 2. The topological polar surface area (TPSA) is 62.0 Å². The number of aliphatic imine (C=N–C) groups is 1. The van der Waals surface area contributed by atoms with Gasteiger partial charge in [0.15, 0.2) is 5.96 Å². The molecule has 7 heteroatoms. The smallest absolute Gasteiger partial charge is 0.191 e. The van der Waals surface area contributed by atoms with Gasteiger partial charge in [0.05, 0.1) is 26.0 Å². The first-order chi connectivity index (χ1) is 13.8. The summed E-state index contributed by atoms with van der Waals surface area (Å²) >= 11 is 6.25. The lowest BCUT2D eigenvalue weighted by Gasteiger charge is -2.26. The van der Waals surface area contributed by atoms with Crippen LogP contribution in [-0.4, -0.2) is 56.8 Å². The normalized spacial score (nSPS) is 15.5. The SMILES string of the molecule is Clc1ccccc1CN=C(NCCCN1CCOCC1)NCCc1ccco1. The zero-order valence-electron chi connectivity index (χ0n) is 16.2. The van der Waals surface area contributed by atoms with Gasteiger partial charge in [-0.2, -0.15) is 0 Å². The Morgan fingerprint density at radius 3 is 2.68 bits per heavy atom. The molecule has 2 heterocycles. The van der Waals surface area contributed by atoms with Crippen LogP contribution in [-0.2, 0) is 17.7 Å². The van der Waals surface area contributed by atoms with Crippen molar-refractivity contribution < 1.29 is 9.15 Å². The first-order valence-corrected chi connectivity index (χ1v) is 10.3. The van der Waals surface area contributed by atoms with E-state index in [9.17, 15) is 0 Å². The zero-order chi connectivity index (χ0) is 19.4. The molecule has 0 spiro atoms. The molecule has 152 valence electrons. The highest BCUT2D eigenvalue weighted by Gasteiger charge is 2.09. The van der Waals surface area contributed by atoms with E-state index in [0.29, 0.717) is 6.54 Å². The first kappa shape index (κ1) is 20.7. The maximum Gasteiger partial charge on any atom is 0.191 e. The minimum absolute atomic E-state index is 0.541. The number of hydrogen-bond donors (Lipinski definition) is 2. The van der Waals surface area contributed by atoms with Gasteiger partial charge in [0.2, 0.25) is 0 Å². The van der Waals surface area contributed by atoms with Crippen LogP contribution < -0.4 is 10.6 Å². The lowest BCUT2D eigenvalue weighted by Crippen LogP contribution is -2.41. The fourth-order valence-corrected chi connectivity index (χ4v) is 3.25. The monoisotopic (exact) mass is 404 g/mol. The Morgan fingerprint density at radius 1 is 1.07 bits per heavy atom. The van der Waals surface area contributed by atoms with E-state index in [4.69, 9.17) is 25.7 Å². The molecule has 0 aliphatic carbocycles. The van der Waals surface area contributed by atoms with Gasteiger partial charge in [-0.25, -0.2) is 4.99 Å². The van der Waals surface area contributed by atoms with Gasteiger partial charge in [-0.05, 0) is 36.7 Å². The summed E-state index contributed by atoms with van der Waals surface area (Å²) in [4.78, 5) is 7.14. The molecule has 1 aliphatic rings. The molecule has 0 saturated carbocycles. The number of nitrogens with one attached hydrogen (secondary N) is 2. The maximum absolute atomic E-state index is 6.25. The maximum atomic E-state index is 6.25. The Bertz CT molecular complexity index is 715. The van der Waals surface area contributed by atoms with Gasteiger partial charge < -0.3 is 19.8 Å². The van der Waals surface area contributed by atoms with Crippen LogP contribution >= 0.6 is 11.6 Å². The van der Waals surface area contributed by atoms with Gasteiger partial charge in [-0.15, -0.1) is 0 Å². The molecule has 0 unspecified atom stereocenters. The van der Waals surface area contributed by atoms with Crippen molar-refractivity contribution in [1.29, 1.82) is 0 Å². The number of furan rings is 1. The van der Waals surface area contributed by atoms with E-state index in [2.05, 4.69) is 15.5 Å². The average Bonchev–Trinajstić information content (AvgIpc) is 3.24. The quantitative estimate of drug-likeness (QED) is 0.382. The molecule has 2 N–H and O–H groups in total. The van der Waals surface area contributed by atoms with E-state index in [1.54, 1.807) is 6.26 Å². The third-order valence-electron chi connectivity index (χ3n) is 4.66. The molecule has 0 amide bonds. The summed E-state index contributed by atoms with van der Waals surface area (Å²) in [7, 11) is 0. The van der Waals surface area contributed by atoms with Gasteiger partial charge in [-0.1, -0.05) is 29.8 Å². The largest absolute Gasteiger partial charge is 0.469 e. The molecule has 0 radical (unpaired) electrons. The highest BCUT2D eigenvalue weighted by molar-refractivity contribution is 6.31. The van der Waals surface area contributed by atoms with E-state index in [-0.39, 0.29) is 0 Å². The van der Waals surface area contributed by atoms with Crippen LogP contribution in [0.4, 0.5) is 0 Å². The van der Waals surface area contributed by atoms with Crippen molar-refractivity contribution in [2.24, 2.45) is 4.99 Å². The van der Waals surface area contributed by atoms with E-state index >= 15 is 0 Å². The molecule has 1 aliphatic heterocycles. The van der Waals surface area contributed by atoms with Crippen LogP contribution in [0.15, 0.2) is 52.1 Å². The highest BCUT2D eigenvalue weighted by atomic mass is 35.5. The van der Waals surface area contributed by atoms with Crippen molar-refractivity contribution in [2.45, 2.75) is 19.4 Å². The molecular formula is C21H29ClN4O2. The van der Waals surface area contributed by atoms with Crippen molar-refractivity contribution >= 4 is 17.6 Å². The summed E-state index contributed by atoms with van der Waals surface area (Å²) in [6, 6.07) is 11.7. The van der Waals surface area contributed by atoms with Crippen LogP contribution in [0, 0.1) is 0 Å². The number of guanidine groups is 1. The van der Waals surface area contributed by atoms with Crippen molar-refractivity contribution in [2.75, 3.05) is 45.9 Å². The third kappa shape index (κ3) is 7.19. The average molecular weight is 405 g/mol. The van der Waals surface area contributed by atoms with Gasteiger partial charge in [-0.3, -0.25) is 4.90 Å². The predicted octanol–water partition coefficient (Wildman–Crippen LogP) is 2.93. The summed E-state index contributed by atoms with van der Waals surface area (Å²) in [6.45, 7) is 6.96. The molecule has 2 aromatic rings. The van der Waals surface area contributed by atoms with E-state index in [0.717, 1.165) is 81.1 Å². The van der Waals surface area contributed by atoms with Crippen molar-refractivity contribution in [3.05, 3.63) is 59.0 Å². The second-order valence-electron chi connectivity index (χ2n) is 6.75. The summed E-state index contributed by atoms with van der Waals surface area (Å²) < 4.78 is 10.8. The first-order valence-electron chi connectivity index (χ1n) is 9.89. The number of hydrogen-bond acceptors (Lipinski definition) is 4. The number of rotatable bonds is 9. The Kier molecular flexibility index (Phi) is 8.68. The predicted molar refractivity (Wildman–Crippen MR) is 113 cm³/mol. The Balaban J connectivity index is 1.47. The lowest BCUT2D eigenvalue weighted by molar-refractivity contribution is 0.0376. The summed E-state index contributed by atoms with van der Waals surface area (Å²) in [6.07, 6.45) is 3.57. The van der Waals surface area contributed by atoms with Gasteiger partial charge in [0.1, 0.15) is 5.76 Å². The molecule has 0 bridgehead atoms. The number of morpholine rings is 1. The van der Waals surface area contributed by atoms with E-state index in [1.165, 1.54) is 0 Å². The van der Waals surface area contributed by atoms with Crippen LogP contribution in [0.3, 0.4) is 0 Å². The number of benzene rings is 1. The van der Waals surface area contributed by atoms with Crippen molar-refractivity contribution in [3.8, 4) is 0 Å². The van der Waals surface area contributed by atoms with Crippen LogP contribution in [0.2, 0.25) is 5.02 Å². The summed E-state index contributed by atoms with van der Waals surface area (Å²) in [5, 5.41) is 7.57. The van der Waals surface area contributed by atoms with Gasteiger partial charge in [0, 0.05) is 37.6 Å². The molecule has 1 aromatic carbocycles. The van der Waals surface area contributed by atoms with Crippen molar-refractivity contribution in [1.82, 2.24) is 15.5 Å². The number of halogens is 1. The summed E-state index contributed by atoms with van der Waals surface area (Å²) in [5.41, 5.74) is 1.02.